The van der Waals surface area contributed by atoms with Crippen LogP contribution in [0.25, 0.3) is 0 Å². The summed E-state index contributed by atoms with van der Waals surface area (Å²) >= 11 is 5.84. The Kier molecular flexibility index (Phi) is 6.82. The maximum absolute atomic E-state index is 13.6. The van der Waals surface area contributed by atoms with Gasteiger partial charge >= 0.3 is 6.03 Å². The minimum Gasteiger partial charge on any atom is -0.365 e. The van der Waals surface area contributed by atoms with E-state index in [1.165, 1.54) is 17.0 Å². The van der Waals surface area contributed by atoms with E-state index in [2.05, 4.69) is 5.32 Å². The minimum absolute atomic E-state index is 0.0306. The van der Waals surface area contributed by atoms with Gasteiger partial charge in [-0.2, -0.15) is 0 Å². The number of carbonyl (C=O) groups excluding carboxylic acids is 2. The van der Waals surface area contributed by atoms with Crippen molar-refractivity contribution in [3.8, 4) is 0 Å². The van der Waals surface area contributed by atoms with Crippen LogP contribution in [-0.2, 0) is 4.79 Å². The number of carbonyl (C=O) groups is 2. The van der Waals surface area contributed by atoms with Gasteiger partial charge in [0.25, 0.3) is 11.8 Å². The number of nitrogens with two attached hydrogens (primary N) is 2. The van der Waals surface area contributed by atoms with Crippen LogP contribution in [0.5, 0.6) is 0 Å². The fourth-order valence-corrected chi connectivity index (χ4v) is 4.14. The Balaban J connectivity index is 1.93. The number of quaternary nitrogens is 1. The molecule has 7 nitrogen and oxygen atoms in total. The van der Waals surface area contributed by atoms with Crippen LogP contribution in [0.3, 0.4) is 0 Å². The van der Waals surface area contributed by atoms with Gasteiger partial charge in [-0.1, -0.05) is 32.4 Å². The summed E-state index contributed by atoms with van der Waals surface area (Å²) < 4.78 is 39.9. The molecule has 1 atom stereocenters. The molecule has 1 saturated heterocycles. The molecular weight excluding hydrogens is 459 g/mol. The van der Waals surface area contributed by atoms with E-state index in [0.717, 1.165) is 6.07 Å². The standard InChI is InChI=1S/C22H27ClF3N5O2/c1-21(2,3)16-10-31(20(33)29-12-7-22(25,26)8-12)9-15(30-16)17(19(28)32)18(27)11-4-5-14(24)13(23)6-11/h4-6,12,16,27,30H,7-10H2,1-3H3,(H2,28,32)(H,29,33)/p+1. The van der Waals surface area contributed by atoms with Crippen LogP contribution < -0.4 is 16.4 Å². The van der Waals surface area contributed by atoms with E-state index in [1.54, 1.807) is 0 Å². The van der Waals surface area contributed by atoms with Gasteiger partial charge in [-0.05, 0) is 18.2 Å². The molecule has 1 heterocycles. The van der Waals surface area contributed by atoms with Gasteiger partial charge in [-0.25, -0.2) is 18.0 Å². The Hall–Kier alpha value is -2.59. The lowest BCUT2D eigenvalue weighted by Gasteiger charge is -2.41. The summed E-state index contributed by atoms with van der Waals surface area (Å²) in [5.41, 5.74) is 5.52. The highest BCUT2D eigenvalue weighted by Crippen LogP contribution is 2.37. The lowest BCUT2D eigenvalue weighted by atomic mass is 9.84. The number of benzene rings is 1. The maximum Gasteiger partial charge on any atom is 0.318 e. The Labute approximate surface area is 195 Å². The quantitative estimate of drug-likeness (QED) is 0.386. The Morgan fingerprint density at radius 1 is 1.30 bits per heavy atom. The number of rotatable bonds is 4. The summed E-state index contributed by atoms with van der Waals surface area (Å²) in [6.45, 7) is 6.18. The van der Waals surface area contributed by atoms with Gasteiger partial charge in [-0.3, -0.25) is 10.2 Å². The van der Waals surface area contributed by atoms with Crippen molar-refractivity contribution in [2.75, 3.05) is 13.1 Å². The zero-order valence-corrected chi connectivity index (χ0v) is 19.4. The molecule has 2 aliphatic rings. The summed E-state index contributed by atoms with van der Waals surface area (Å²) in [5, 5.41) is 12.8. The molecule has 3 amide bonds. The lowest BCUT2D eigenvalue weighted by Crippen LogP contribution is -2.96. The van der Waals surface area contributed by atoms with Crippen LogP contribution in [0.1, 0.15) is 39.2 Å². The monoisotopic (exact) mass is 486 g/mol. The molecule has 0 radical (unpaired) electrons. The molecule has 3 rings (SSSR count). The topological polar surface area (TPSA) is 116 Å². The van der Waals surface area contributed by atoms with Gasteiger partial charge in [0.2, 0.25) is 0 Å². The highest BCUT2D eigenvalue weighted by Gasteiger charge is 2.47. The molecule has 1 unspecified atom stereocenters. The third-order valence-corrected chi connectivity index (χ3v) is 6.31. The number of alkyl halides is 2. The molecule has 11 heteroatoms. The first-order chi connectivity index (χ1) is 15.2. The first-order valence-corrected chi connectivity index (χ1v) is 10.9. The zero-order valence-electron chi connectivity index (χ0n) is 18.6. The second-order valence-corrected chi connectivity index (χ2v) is 10.1. The molecule has 180 valence electrons. The molecule has 1 aliphatic carbocycles. The largest absolute Gasteiger partial charge is 0.365 e. The van der Waals surface area contributed by atoms with Crippen molar-refractivity contribution in [3.05, 3.63) is 45.9 Å². The SMILES string of the molecule is CC(C)(C)C1CN(C(=O)NC2CC(F)(F)C2)CC(=C(C(=N)c2ccc(F)c(Cl)c2)C(N)=O)[NH2+]1. The molecule has 6 N–H and O–H groups in total. The second-order valence-electron chi connectivity index (χ2n) is 9.70. The Morgan fingerprint density at radius 2 is 1.94 bits per heavy atom. The molecule has 0 aromatic heterocycles. The number of primary amides is 1. The smallest absolute Gasteiger partial charge is 0.318 e. The molecule has 0 bridgehead atoms. The molecule has 33 heavy (non-hydrogen) atoms. The Morgan fingerprint density at radius 3 is 2.45 bits per heavy atom. The summed E-state index contributed by atoms with van der Waals surface area (Å²) in [4.78, 5) is 26.7. The van der Waals surface area contributed by atoms with E-state index < -0.39 is 42.6 Å². The summed E-state index contributed by atoms with van der Waals surface area (Å²) in [6.07, 6.45) is -0.820. The normalized spacial score (nSPS) is 22.4. The van der Waals surface area contributed by atoms with Crippen LogP contribution in [-0.4, -0.2) is 53.6 Å². The van der Waals surface area contributed by atoms with E-state index in [4.69, 9.17) is 22.7 Å². The van der Waals surface area contributed by atoms with E-state index in [-0.39, 0.29) is 39.9 Å². The maximum atomic E-state index is 13.6. The number of amides is 3. The van der Waals surface area contributed by atoms with Crippen LogP contribution in [0.2, 0.25) is 5.02 Å². The fraction of sp³-hybridized carbons (Fsp3) is 0.500. The zero-order chi connectivity index (χ0) is 24.7. The fourth-order valence-electron chi connectivity index (χ4n) is 3.96. The number of nitrogens with zero attached hydrogens (tertiary/aromatic N) is 1. The lowest BCUT2D eigenvalue weighted by molar-refractivity contribution is -0.666. The van der Waals surface area contributed by atoms with E-state index in [1.807, 2.05) is 26.1 Å². The Bertz CT molecular complexity index is 1010. The number of urea groups is 1. The molecule has 1 aromatic carbocycles. The van der Waals surface area contributed by atoms with Gasteiger partial charge < -0.3 is 21.3 Å². The molecular formula is C22H28ClF3N5O2+. The van der Waals surface area contributed by atoms with Crippen LogP contribution in [0, 0.1) is 16.6 Å². The van der Waals surface area contributed by atoms with Gasteiger partial charge in [0.1, 0.15) is 23.1 Å². The van der Waals surface area contributed by atoms with E-state index in [0.29, 0.717) is 12.2 Å². The van der Waals surface area contributed by atoms with Crippen LogP contribution in [0.4, 0.5) is 18.0 Å². The van der Waals surface area contributed by atoms with Gasteiger partial charge in [0.15, 0.2) is 0 Å². The summed E-state index contributed by atoms with van der Waals surface area (Å²) in [6, 6.07) is 2.30. The molecule has 2 fully saturated rings. The number of nitrogens with one attached hydrogen (secondary N) is 2. The van der Waals surface area contributed by atoms with Crippen molar-refractivity contribution in [1.82, 2.24) is 10.2 Å². The molecule has 1 aromatic rings. The number of hydrogen-bond donors (Lipinski definition) is 4. The van der Waals surface area contributed by atoms with E-state index >= 15 is 0 Å². The number of hydrogen-bond acceptors (Lipinski definition) is 3. The van der Waals surface area contributed by atoms with Gasteiger partial charge in [0.05, 0.1) is 23.8 Å². The van der Waals surface area contributed by atoms with Gasteiger partial charge in [-0.15, -0.1) is 0 Å². The highest BCUT2D eigenvalue weighted by atomic mass is 35.5. The third kappa shape index (κ3) is 5.67. The van der Waals surface area contributed by atoms with Crippen molar-refractivity contribution >= 4 is 29.3 Å². The summed E-state index contributed by atoms with van der Waals surface area (Å²) in [7, 11) is 0. The van der Waals surface area contributed by atoms with Gasteiger partial charge in [0, 0.05) is 29.9 Å². The van der Waals surface area contributed by atoms with Crippen LogP contribution in [0.15, 0.2) is 29.5 Å². The third-order valence-electron chi connectivity index (χ3n) is 6.02. The van der Waals surface area contributed by atoms with Crippen molar-refractivity contribution in [3.63, 3.8) is 0 Å². The number of piperazine rings is 1. The van der Waals surface area contributed by atoms with Crippen LogP contribution >= 0.6 is 11.6 Å². The predicted octanol–water partition coefficient (Wildman–Crippen LogP) is 2.39. The predicted molar refractivity (Wildman–Crippen MR) is 118 cm³/mol. The molecule has 1 aliphatic heterocycles. The van der Waals surface area contributed by atoms with E-state index in [9.17, 15) is 22.8 Å². The first kappa shape index (κ1) is 25.0. The highest BCUT2D eigenvalue weighted by molar-refractivity contribution is 6.32. The summed E-state index contributed by atoms with van der Waals surface area (Å²) in [5.74, 6) is -4.31. The molecule has 0 spiro atoms. The average Bonchev–Trinajstić information content (AvgIpc) is 2.67. The van der Waals surface area contributed by atoms with Crippen molar-refractivity contribution in [1.29, 1.82) is 5.41 Å². The minimum atomic E-state index is -2.77. The first-order valence-electron chi connectivity index (χ1n) is 10.5. The number of halogens is 4. The molecule has 1 saturated carbocycles. The van der Waals surface area contributed by atoms with Crippen molar-refractivity contribution < 1.29 is 28.1 Å². The van der Waals surface area contributed by atoms with Crippen molar-refractivity contribution in [2.24, 2.45) is 11.1 Å². The second kappa shape index (κ2) is 8.98. The average molecular weight is 487 g/mol. The van der Waals surface area contributed by atoms with Crippen molar-refractivity contribution in [2.45, 2.75) is 51.6 Å².